The van der Waals surface area contributed by atoms with Gasteiger partial charge in [0.25, 0.3) is 0 Å². The summed E-state index contributed by atoms with van der Waals surface area (Å²) in [5.74, 6) is -1.12. The Morgan fingerprint density at radius 3 is 2.43 bits per heavy atom. The number of nitrogen functional groups attached to an aromatic ring is 1. The Morgan fingerprint density at radius 1 is 1.24 bits per heavy atom. The molecule has 0 spiro atoms. The van der Waals surface area contributed by atoms with Gasteiger partial charge in [0.15, 0.2) is 0 Å². The number of nitrogens with two attached hydrogens (primary N) is 1. The van der Waals surface area contributed by atoms with Crippen LogP contribution in [-0.4, -0.2) is 52.5 Å². The zero-order chi connectivity index (χ0) is 15.6. The number of hydrogen-bond donors (Lipinski definition) is 1. The molecule has 2 N–H and O–H groups in total. The highest BCUT2D eigenvalue weighted by Gasteiger charge is 2.32. The quantitative estimate of drug-likeness (QED) is 0.833. The monoisotopic (exact) mass is 314 g/mol. The van der Waals surface area contributed by atoms with E-state index >= 15 is 0 Å². The number of carbonyl (C=O) groups is 2. The maximum Gasteiger partial charge on any atom is 0.350 e. The lowest BCUT2D eigenvalue weighted by molar-refractivity contribution is 0.0602. The fraction of sp³-hybridized carbons (Fsp3) is 0.538. The van der Waals surface area contributed by atoms with Crippen molar-refractivity contribution in [1.82, 2.24) is 0 Å². The molecule has 0 amide bonds. The second-order valence-corrected chi connectivity index (χ2v) is 5.60. The maximum absolute atomic E-state index is 12.0. The second-order valence-electron chi connectivity index (χ2n) is 4.60. The highest BCUT2D eigenvalue weighted by molar-refractivity contribution is 7.19. The molecular formula is C13H18N2O5S. The SMILES string of the molecule is COC(=O)c1sc(N2CCC(OC)C2)c(C(=O)OC)c1N. The smallest absolute Gasteiger partial charge is 0.350 e. The number of thiophene rings is 1. The van der Waals surface area contributed by atoms with E-state index in [0.29, 0.717) is 11.5 Å². The molecule has 2 rings (SSSR count). The Labute approximate surface area is 126 Å². The van der Waals surface area contributed by atoms with Gasteiger partial charge < -0.3 is 24.8 Å². The first kappa shape index (κ1) is 15.6. The van der Waals surface area contributed by atoms with Gasteiger partial charge >= 0.3 is 11.9 Å². The van der Waals surface area contributed by atoms with Gasteiger partial charge in [0.2, 0.25) is 0 Å². The van der Waals surface area contributed by atoms with Gasteiger partial charge in [-0.2, -0.15) is 0 Å². The predicted molar refractivity (Wildman–Crippen MR) is 79.0 cm³/mol. The Balaban J connectivity index is 2.44. The van der Waals surface area contributed by atoms with Gasteiger partial charge in [-0.05, 0) is 6.42 Å². The molecule has 0 aliphatic carbocycles. The first-order chi connectivity index (χ1) is 10.0. The predicted octanol–water partition coefficient (Wildman–Crippen LogP) is 1.13. The summed E-state index contributed by atoms with van der Waals surface area (Å²) in [7, 11) is 4.21. The lowest BCUT2D eigenvalue weighted by atomic mass is 10.2. The number of rotatable bonds is 4. The highest BCUT2D eigenvalue weighted by Crippen LogP contribution is 2.40. The summed E-state index contributed by atoms with van der Waals surface area (Å²) in [6.07, 6.45) is 0.947. The molecule has 0 aromatic carbocycles. The molecule has 2 heterocycles. The number of nitrogens with zero attached hydrogens (tertiary/aromatic N) is 1. The molecule has 1 aromatic heterocycles. The topological polar surface area (TPSA) is 91.1 Å². The lowest BCUT2D eigenvalue weighted by Gasteiger charge is -2.17. The standard InChI is InChI=1S/C13H18N2O5S/c1-18-7-4-5-15(6-7)11-8(12(16)19-2)9(14)10(21-11)13(17)20-3/h7H,4-6,14H2,1-3H3. The third-order valence-electron chi connectivity index (χ3n) is 3.45. The molecule has 0 saturated carbocycles. The average molecular weight is 314 g/mol. The summed E-state index contributed by atoms with van der Waals surface area (Å²) >= 11 is 1.14. The molecule has 1 unspecified atom stereocenters. The van der Waals surface area contributed by atoms with Crippen LogP contribution in [0.3, 0.4) is 0 Å². The number of ether oxygens (including phenoxy) is 3. The summed E-state index contributed by atoms with van der Waals surface area (Å²) in [5.41, 5.74) is 6.27. The molecule has 116 valence electrons. The normalized spacial score (nSPS) is 17.9. The largest absolute Gasteiger partial charge is 0.465 e. The van der Waals surface area contributed by atoms with E-state index in [9.17, 15) is 9.59 Å². The van der Waals surface area contributed by atoms with Crippen molar-refractivity contribution in [3.05, 3.63) is 10.4 Å². The van der Waals surface area contributed by atoms with Gasteiger partial charge in [-0.25, -0.2) is 9.59 Å². The molecular weight excluding hydrogens is 296 g/mol. The molecule has 1 aliphatic rings. The zero-order valence-electron chi connectivity index (χ0n) is 12.2. The van der Waals surface area contributed by atoms with Crippen LogP contribution in [-0.2, 0) is 14.2 Å². The molecule has 1 fully saturated rings. The van der Waals surface area contributed by atoms with Crippen LogP contribution in [0.4, 0.5) is 10.7 Å². The van der Waals surface area contributed by atoms with E-state index in [1.165, 1.54) is 14.2 Å². The van der Waals surface area contributed by atoms with Gasteiger partial charge in [0, 0.05) is 20.2 Å². The number of hydrogen-bond acceptors (Lipinski definition) is 8. The molecule has 8 heteroatoms. The van der Waals surface area contributed by atoms with Crippen molar-refractivity contribution < 1.29 is 23.8 Å². The Bertz CT molecular complexity index is 557. The van der Waals surface area contributed by atoms with E-state index < -0.39 is 11.9 Å². The van der Waals surface area contributed by atoms with Crippen molar-refractivity contribution in [3.8, 4) is 0 Å². The van der Waals surface area contributed by atoms with Crippen LogP contribution in [0.5, 0.6) is 0 Å². The third kappa shape index (κ3) is 2.81. The highest BCUT2D eigenvalue weighted by atomic mass is 32.1. The molecule has 1 atom stereocenters. The van der Waals surface area contributed by atoms with E-state index in [1.54, 1.807) is 7.11 Å². The zero-order valence-corrected chi connectivity index (χ0v) is 13.0. The van der Waals surface area contributed by atoms with E-state index in [4.69, 9.17) is 19.9 Å². The van der Waals surface area contributed by atoms with Crippen molar-refractivity contribution in [2.45, 2.75) is 12.5 Å². The Kier molecular flexibility index (Phi) is 4.69. The van der Waals surface area contributed by atoms with E-state index in [-0.39, 0.29) is 22.2 Å². The molecule has 0 bridgehead atoms. The van der Waals surface area contributed by atoms with Crippen LogP contribution in [0.15, 0.2) is 0 Å². The van der Waals surface area contributed by atoms with Gasteiger partial charge in [-0.15, -0.1) is 11.3 Å². The van der Waals surface area contributed by atoms with Crippen molar-refractivity contribution in [1.29, 1.82) is 0 Å². The van der Waals surface area contributed by atoms with Crippen molar-refractivity contribution in [3.63, 3.8) is 0 Å². The van der Waals surface area contributed by atoms with E-state index in [1.807, 2.05) is 4.90 Å². The van der Waals surface area contributed by atoms with E-state index in [0.717, 1.165) is 24.3 Å². The third-order valence-corrected chi connectivity index (χ3v) is 4.70. The van der Waals surface area contributed by atoms with Crippen LogP contribution >= 0.6 is 11.3 Å². The molecule has 1 aromatic rings. The van der Waals surface area contributed by atoms with Crippen LogP contribution in [0.1, 0.15) is 26.5 Å². The molecule has 21 heavy (non-hydrogen) atoms. The van der Waals surface area contributed by atoms with Crippen LogP contribution in [0.2, 0.25) is 0 Å². The van der Waals surface area contributed by atoms with Crippen LogP contribution < -0.4 is 10.6 Å². The average Bonchev–Trinajstić information content (AvgIpc) is 3.09. The van der Waals surface area contributed by atoms with Crippen molar-refractivity contribution in [2.24, 2.45) is 0 Å². The van der Waals surface area contributed by atoms with Gasteiger partial charge in [-0.3, -0.25) is 0 Å². The molecule has 1 saturated heterocycles. The fourth-order valence-corrected chi connectivity index (χ4v) is 3.47. The van der Waals surface area contributed by atoms with Gasteiger partial charge in [0.1, 0.15) is 15.4 Å². The van der Waals surface area contributed by atoms with Crippen LogP contribution in [0, 0.1) is 0 Å². The first-order valence-corrected chi connectivity index (χ1v) is 7.21. The first-order valence-electron chi connectivity index (χ1n) is 6.40. The molecule has 0 radical (unpaired) electrons. The summed E-state index contributed by atoms with van der Waals surface area (Å²) < 4.78 is 14.8. The number of anilines is 2. The Hall–Kier alpha value is -1.80. The summed E-state index contributed by atoms with van der Waals surface area (Å²) in [4.78, 5) is 25.9. The molecule has 7 nitrogen and oxygen atoms in total. The van der Waals surface area contributed by atoms with Crippen molar-refractivity contribution >= 4 is 34.0 Å². The fourth-order valence-electron chi connectivity index (χ4n) is 2.30. The summed E-state index contributed by atoms with van der Waals surface area (Å²) in [6.45, 7) is 1.37. The van der Waals surface area contributed by atoms with E-state index in [2.05, 4.69) is 0 Å². The minimum atomic E-state index is -0.560. The lowest BCUT2D eigenvalue weighted by Crippen LogP contribution is -2.23. The van der Waals surface area contributed by atoms with Crippen molar-refractivity contribution in [2.75, 3.05) is 45.1 Å². The molecule has 1 aliphatic heterocycles. The van der Waals surface area contributed by atoms with Crippen LogP contribution in [0.25, 0.3) is 0 Å². The maximum atomic E-state index is 12.0. The summed E-state index contributed by atoms with van der Waals surface area (Å²) in [6, 6.07) is 0. The minimum Gasteiger partial charge on any atom is -0.465 e. The minimum absolute atomic E-state index is 0.0976. The number of carbonyl (C=O) groups excluding carboxylic acids is 2. The Morgan fingerprint density at radius 2 is 1.90 bits per heavy atom. The van der Waals surface area contributed by atoms with Gasteiger partial charge in [-0.1, -0.05) is 0 Å². The second kappa shape index (κ2) is 6.31. The number of esters is 2. The number of methoxy groups -OCH3 is 3. The summed E-state index contributed by atoms with van der Waals surface area (Å²) in [5, 5.41) is 0.624. The van der Waals surface area contributed by atoms with Gasteiger partial charge in [0.05, 0.1) is 26.0 Å².